The van der Waals surface area contributed by atoms with Gasteiger partial charge in [0, 0.05) is 4.88 Å². The largest absolute Gasteiger partial charge is 0.481 e. The normalized spacial score (nSPS) is 14.7. The van der Waals surface area contributed by atoms with Crippen LogP contribution >= 0.6 is 27.3 Å². The number of benzene rings is 1. The summed E-state index contributed by atoms with van der Waals surface area (Å²) in [4.78, 5) is 24.9. The number of nitrogens with one attached hydrogen (secondary N) is 1. The van der Waals surface area contributed by atoms with Crippen LogP contribution in [0.3, 0.4) is 0 Å². The second-order valence-electron chi connectivity index (χ2n) is 5.39. The molecule has 0 bridgehead atoms. The van der Waals surface area contributed by atoms with Crippen LogP contribution in [0.4, 0.5) is 0 Å². The van der Waals surface area contributed by atoms with Gasteiger partial charge >= 0.3 is 5.97 Å². The number of thiophene rings is 1. The van der Waals surface area contributed by atoms with Crippen molar-refractivity contribution < 1.29 is 14.7 Å². The number of amides is 1. The lowest BCUT2D eigenvalue weighted by atomic mass is 9.93. The fourth-order valence-electron chi connectivity index (χ4n) is 2.27. The van der Waals surface area contributed by atoms with Gasteiger partial charge in [-0.1, -0.05) is 30.3 Å². The molecule has 1 heterocycles. The maximum absolute atomic E-state index is 12.6. The van der Waals surface area contributed by atoms with Crippen molar-refractivity contribution in [3.8, 4) is 0 Å². The van der Waals surface area contributed by atoms with E-state index in [1.165, 1.54) is 11.3 Å². The number of carbonyl (C=O) groups is 2. The van der Waals surface area contributed by atoms with Crippen LogP contribution in [0.1, 0.15) is 36.2 Å². The number of carboxylic acid groups (broad SMARTS) is 1. The van der Waals surface area contributed by atoms with Gasteiger partial charge in [-0.05, 0) is 47.5 Å². The van der Waals surface area contributed by atoms with Crippen LogP contribution in [0, 0.1) is 5.92 Å². The summed E-state index contributed by atoms with van der Waals surface area (Å²) in [7, 11) is 0. The van der Waals surface area contributed by atoms with Crippen molar-refractivity contribution in [1.82, 2.24) is 5.32 Å². The van der Waals surface area contributed by atoms with Crippen molar-refractivity contribution in [2.24, 2.45) is 5.92 Å². The molecule has 1 aromatic carbocycles. The van der Waals surface area contributed by atoms with E-state index in [-0.39, 0.29) is 11.8 Å². The van der Waals surface area contributed by atoms with Gasteiger partial charge in [-0.2, -0.15) is 0 Å². The van der Waals surface area contributed by atoms with Gasteiger partial charge in [0.1, 0.15) is 0 Å². The Hall–Kier alpha value is -1.66. The molecule has 0 aliphatic heterocycles. The smallest absolute Gasteiger partial charge is 0.308 e. The molecule has 0 saturated carbocycles. The van der Waals surface area contributed by atoms with E-state index in [0.717, 1.165) is 14.2 Å². The summed E-state index contributed by atoms with van der Waals surface area (Å²) in [5.74, 6) is -2.17. The van der Waals surface area contributed by atoms with Crippen molar-refractivity contribution >= 4 is 39.1 Å². The molecule has 2 aromatic rings. The highest BCUT2D eigenvalue weighted by atomic mass is 79.9. The molecule has 1 aromatic heterocycles. The average Bonchev–Trinajstić information content (AvgIpc) is 2.98. The molecule has 0 aliphatic rings. The Bertz CT molecular complexity index is 686. The van der Waals surface area contributed by atoms with Gasteiger partial charge in [0.25, 0.3) is 0 Å². The SMILES string of the molecule is CC(C(=O)NC(c1ccccc1)C(C)C(=O)O)c1ccc(Br)s1. The number of halogens is 1. The predicted molar refractivity (Wildman–Crippen MR) is 94.6 cm³/mol. The summed E-state index contributed by atoms with van der Waals surface area (Å²) in [5, 5.41) is 12.2. The van der Waals surface area contributed by atoms with Gasteiger partial charge in [-0.25, -0.2) is 0 Å². The molecular weight excluding hydrogens is 378 g/mol. The van der Waals surface area contributed by atoms with E-state index < -0.39 is 17.9 Å². The van der Waals surface area contributed by atoms with E-state index in [1.807, 2.05) is 49.4 Å². The van der Waals surface area contributed by atoms with Gasteiger partial charge < -0.3 is 10.4 Å². The molecule has 2 N–H and O–H groups in total. The number of carboxylic acids is 1. The maximum atomic E-state index is 12.6. The summed E-state index contributed by atoms with van der Waals surface area (Å²) in [5.41, 5.74) is 0.787. The average molecular weight is 396 g/mol. The fraction of sp³-hybridized carbons (Fsp3) is 0.294. The second kappa shape index (κ2) is 7.75. The Morgan fingerprint density at radius 3 is 2.30 bits per heavy atom. The quantitative estimate of drug-likeness (QED) is 0.770. The van der Waals surface area contributed by atoms with E-state index in [1.54, 1.807) is 6.92 Å². The minimum Gasteiger partial charge on any atom is -0.481 e. The summed E-state index contributed by atoms with van der Waals surface area (Å²) in [6.07, 6.45) is 0. The first-order chi connectivity index (χ1) is 10.9. The third kappa shape index (κ3) is 4.42. The molecular formula is C17H18BrNO3S. The fourth-order valence-corrected chi connectivity index (χ4v) is 3.74. The zero-order chi connectivity index (χ0) is 17.0. The van der Waals surface area contributed by atoms with Crippen LogP contribution in [0.2, 0.25) is 0 Å². The number of hydrogen-bond acceptors (Lipinski definition) is 3. The first kappa shape index (κ1) is 17.7. The highest BCUT2D eigenvalue weighted by molar-refractivity contribution is 9.11. The number of rotatable bonds is 6. The third-order valence-corrected chi connectivity index (χ3v) is 5.57. The third-order valence-electron chi connectivity index (χ3n) is 3.76. The maximum Gasteiger partial charge on any atom is 0.308 e. The van der Waals surface area contributed by atoms with Gasteiger partial charge in [0.05, 0.1) is 21.7 Å². The van der Waals surface area contributed by atoms with Gasteiger partial charge in [0.15, 0.2) is 0 Å². The highest BCUT2D eigenvalue weighted by Gasteiger charge is 2.28. The minimum absolute atomic E-state index is 0.179. The number of hydrogen-bond donors (Lipinski definition) is 2. The first-order valence-corrected chi connectivity index (χ1v) is 8.84. The van der Waals surface area contributed by atoms with E-state index >= 15 is 0 Å². The Morgan fingerprint density at radius 1 is 1.13 bits per heavy atom. The zero-order valence-electron chi connectivity index (χ0n) is 12.8. The van der Waals surface area contributed by atoms with Crippen LogP contribution < -0.4 is 5.32 Å². The number of carbonyl (C=O) groups excluding carboxylic acids is 1. The van der Waals surface area contributed by atoms with Crippen LogP contribution in [0.15, 0.2) is 46.3 Å². The van der Waals surface area contributed by atoms with Crippen molar-refractivity contribution in [3.05, 3.63) is 56.7 Å². The van der Waals surface area contributed by atoms with Gasteiger partial charge in [-0.15, -0.1) is 11.3 Å². The minimum atomic E-state index is -0.939. The predicted octanol–water partition coefficient (Wildman–Crippen LogP) is 4.19. The molecule has 0 radical (unpaired) electrons. The monoisotopic (exact) mass is 395 g/mol. The van der Waals surface area contributed by atoms with Crippen molar-refractivity contribution in [3.63, 3.8) is 0 Å². The molecule has 2 rings (SSSR count). The molecule has 0 spiro atoms. The summed E-state index contributed by atoms with van der Waals surface area (Å²) in [6.45, 7) is 3.42. The van der Waals surface area contributed by atoms with E-state index in [0.29, 0.717) is 0 Å². The summed E-state index contributed by atoms with van der Waals surface area (Å²) >= 11 is 4.89. The van der Waals surface area contributed by atoms with Crippen LogP contribution in [0.25, 0.3) is 0 Å². The Balaban J connectivity index is 2.20. The Kier molecular flexibility index (Phi) is 5.96. The molecule has 4 nitrogen and oxygen atoms in total. The lowest BCUT2D eigenvalue weighted by molar-refractivity contribution is -0.142. The molecule has 23 heavy (non-hydrogen) atoms. The highest BCUT2D eigenvalue weighted by Crippen LogP contribution is 2.30. The van der Waals surface area contributed by atoms with Gasteiger partial charge in [-0.3, -0.25) is 9.59 Å². The Morgan fingerprint density at radius 2 is 1.78 bits per heavy atom. The number of aliphatic carboxylic acids is 1. The molecule has 3 unspecified atom stereocenters. The van der Waals surface area contributed by atoms with Crippen molar-refractivity contribution in [2.45, 2.75) is 25.8 Å². The van der Waals surface area contributed by atoms with Crippen LogP contribution in [-0.2, 0) is 9.59 Å². The summed E-state index contributed by atoms with van der Waals surface area (Å²) in [6, 6.07) is 12.4. The van der Waals surface area contributed by atoms with Crippen LogP contribution in [-0.4, -0.2) is 17.0 Å². The van der Waals surface area contributed by atoms with Crippen molar-refractivity contribution in [1.29, 1.82) is 0 Å². The molecule has 1 amide bonds. The second-order valence-corrected chi connectivity index (χ2v) is 7.88. The van der Waals surface area contributed by atoms with Gasteiger partial charge in [0.2, 0.25) is 5.91 Å². The Labute approximate surface area is 147 Å². The first-order valence-electron chi connectivity index (χ1n) is 7.23. The lowest BCUT2D eigenvalue weighted by Crippen LogP contribution is -2.37. The van der Waals surface area contributed by atoms with Crippen molar-refractivity contribution in [2.75, 3.05) is 0 Å². The molecule has 6 heteroatoms. The molecule has 122 valence electrons. The standard InChI is InChI=1S/C17H18BrNO3S/c1-10(13-8-9-14(18)23-13)16(20)19-15(11(2)17(21)22)12-6-4-3-5-7-12/h3-11,15H,1-2H3,(H,19,20)(H,21,22). The van der Waals surface area contributed by atoms with Crippen LogP contribution in [0.5, 0.6) is 0 Å². The zero-order valence-corrected chi connectivity index (χ0v) is 15.2. The summed E-state index contributed by atoms with van der Waals surface area (Å²) < 4.78 is 0.964. The molecule has 0 aliphatic carbocycles. The molecule has 0 saturated heterocycles. The topological polar surface area (TPSA) is 66.4 Å². The molecule has 3 atom stereocenters. The van der Waals surface area contributed by atoms with E-state index in [2.05, 4.69) is 21.2 Å². The van der Waals surface area contributed by atoms with E-state index in [4.69, 9.17) is 0 Å². The van der Waals surface area contributed by atoms with E-state index in [9.17, 15) is 14.7 Å². The molecule has 0 fully saturated rings. The lowest BCUT2D eigenvalue weighted by Gasteiger charge is -2.24.